The molecule has 0 aromatic heterocycles. The summed E-state index contributed by atoms with van der Waals surface area (Å²) in [6, 6.07) is -0.989. The Morgan fingerprint density at radius 3 is 2.10 bits per heavy atom. The molecule has 118 valence electrons. The van der Waals surface area contributed by atoms with Crippen molar-refractivity contribution in [1.29, 1.82) is 0 Å². The van der Waals surface area contributed by atoms with Gasteiger partial charge in [-0.05, 0) is 54.0 Å². The molecule has 1 aliphatic rings. The van der Waals surface area contributed by atoms with Crippen molar-refractivity contribution >= 4 is 18.0 Å². The second-order valence-electron chi connectivity index (χ2n) is 6.88. The van der Waals surface area contributed by atoms with Crippen LogP contribution in [0.15, 0.2) is 12.2 Å². The van der Waals surface area contributed by atoms with E-state index >= 15 is 0 Å². The summed E-state index contributed by atoms with van der Waals surface area (Å²) in [7, 11) is 0. The van der Waals surface area contributed by atoms with Gasteiger partial charge in [-0.3, -0.25) is 4.79 Å². The lowest BCUT2D eigenvalue weighted by Crippen LogP contribution is -2.52. The fourth-order valence-corrected chi connectivity index (χ4v) is 1.74. The van der Waals surface area contributed by atoms with E-state index in [4.69, 9.17) is 9.47 Å². The highest BCUT2D eigenvalue weighted by Crippen LogP contribution is 2.20. The number of rotatable bonds is 1. The van der Waals surface area contributed by atoms with E-state index in [1.165, 1.54) is 6.08 Å². The zero-order valence-corrected chi connectivity index (χ0v) is 13.4. The first-order valence-corrected chi connectivity index (χ1v) is 6.86. The molecule has 0 unspecified atom stereocenters. The van der Waals surface area contributed by atoms with Crippen LogP contribution in [0, 0.1) is 0 Å². The Bertz CT molecular complexity index is 467. The number of imide groups is 1. The molecule has 1 heterocycles. The van der Waals surface area contributed by atoms with Crippen LogP contribution in [0.1, 0.15) is 48.0 Å². The Balaban J connectivity index is 2.95. The topological polar surface area (TPSA) is 72.9 Å². The van der Waals surface area contributed by atoms with Crippen molar-refractivity contribution in [2.75, 3.05) is 0 Å². The van der Waals surface area contributed by atoms with E-state index in [0.29, 0.717) is 0 Å². The van der Waals surface area contributed by atoms with Crippen LogP contribution in [-0.2, 0) is 19.1 Å². The smallest absolute Gasteiger partial charge is 0.418 e. The molecule has 0 aromatic carbocycles. The minimum absolute atomic E-state index is 0.222. The van der Waals surface area contributed by atoms with E-state index in [1.807, 2.05) is 0 Å². The zero-order valence-electron chi connectivity index (χ0n) is 13.4. The van der Waals surface area contributed by atoms with Crippen LogP contribution in [0.3, 0.4) is 0 Å². The minimum atomic E-state index is -0.989. The molecule has 0 N–H and O–H groups in total. The fourth-order valence-electron chi connectivity index (χ4n) is 1.74. The number of ether oxygens (including phenoxy) is 2. The van der Waals surface area contributed by atoms with E-state index in [-0.39, 0.29) is 6.42 Å². The average Bonchev–Trinajstić information content (AvgIpc) is 2.23. The van der Waals surface area contributed by atoms with Crippen molar-refractivity contribution in [2.24, 2.45) is 0 Å². The number of hydrogen-bond acceptors (Lipinski definition) is 5. The van der Waals surface area contributed by atoms with Crippen LogP contribution in [0.4, 0.5) is 4.79 Å². The molecule has 0 aromatic rings. The van der Waals surface area contributed by atoms with Gasteiger partial charge in [-0.2, -0.15) is 0 Å². The van der Waals surface area contributed by atoms with Crippen LogP contribution in [0.25, 0.3) is 0 Å². The van der Waals surface area contributed by atoms with Crippen LogP contribution < -0.4 is 0 Å². The third-order valence-corrected chi connectivity index (χ3v) is 2.44. The largest absolute Gasteiger partial charge is 0.458 e. The highest BCUT2D eigenvalue weighted by atomic mass is 16.6. The summed E-state index contributed by atoms with van der Waals surface area (Å²) >= 11 is 0. The zero-order chi connectivity index (χ0) is 16.4. The molecule has 0 aliphatic carbocycles. The fraction of sp³-hybridized carbons (Fsp3) is 0.667. The molecular weight excluding hydrogens is 274 g/mol. The number of amides is 2. The molecule has 2 amide bonds. The van der Waals surface area contributed by atoms with Gasteiger partial charge in [-0.1, -0.05) is 6.08 Å². The van der Waals surface area contributed by atoms with Crippen molar-refractivity contribution in [3.8, 4) is 0 Å². The van der Waals surface area contributed by atoms with E-state index < -0.39 is 35.2 Å². The first kappa shape index (κ1) is 17.2. The third kappa shape index (κ3) is 5.21. The summed E-state index contributed by atoms with van der Waals surface area (Å²) in [5, 5.41) is 0. The first-order chi connectivity index (χ1) is 9.41. The second kappa shape index (κ2) is 5.87. The number of esters is 1. The number of nitrogens with zero attached hydrogens (tertiary/aromatic N) is 1. The highest BCUT2D eigenvalue weighted by Gasteiger charge is 2.40. The summed E-state index contributed by atoms with van der Waals surface area (Å²) in [6.45, 7) is 10.3. The third-order valence-electron chi connectivity index (χ3n) is 2.44. The molecule has 0 saturated heterocycles. The van der Waals surface area contributed by atoms with Crippen LogP contribution in [0.5, 0.6) is 0 Å². The molecule has 1 atom stereocenters. The Morgan fingerprint density at radius 1 is 1.10 bits per heavy atom. The van der Waals surface area contributed by atoms with Crippen LogP contribution in [0.2, 0.25) is 0 Å². The van der Waals surface area contributed by atoms with Crippen molar-refractivity contribution in [3.05, 3.63) is 12.2 Å². The van der Waals surface area contributed by atoms with E-state index in [2.05, 4.69) is 0 Å². The van der Waals surface area contributed by atoms with Gasteiger partial charge in [0.1, 0.15) is 17.2 Å². The lowest BCUT2D eigenvalue weighted by molar-refractivity contribution is -0.163. The molecule has 1 rings (SSSR count). The van der Waals surface area contributed by atoms with Gasteiger partial charge in [0.25, 0.3) is 5.91 Å². The van der Waals surface area contributed by atoms with E-state index in [1.54, 1.807) is 47.6 Å². The Labute approximate surface area is 125 Å². The van der Waals surface area contributed by atoms with Gasteiger partial charge in [-0.25, -0.2) is 14.5 Å². The van der Waals surface area contributed by atoms with Crippen molar-refractivity contribution < 1.29 is 23.9 Å². The van der Waals surface area contributed by atoms with Gasteiger partial charge in [-0.15, -0.1) is 0 Å². The van der Waals surface area contributed by atoms with Gasteiger partial charge >= 0.3 is 12.1 Å². The molecule has 1 aliphatic heterocycles. The Morgan fingerprint density at radius 2 is 1.62 bits per heavy atom. The van der Waals surface area contributed by atoms with Crippen molar-refractivity contribution in [3.63, 3.8) is 0 Å². The Kier molecular flexibility index (Phi) is 4.81. The summed E-state index contributed by atoms with van der Waals surface area (Å²) < 4.78 is 10.4. The summed E-state index contributed by atoms with van der Waals surface area (Å²) in [6.07, 6.45) is 2.19. The standard InChI is InChI=1S/C15H23NO5/c1-14(2,3)20-12(18)10-8-7-9-11(17)16(10)13(19)21-15(4,5)6/h7,9-10H,8H2,1-6H3/t10-/m0/s1. The molecule has 0 saturated carbocycles. The van der Waals surface area contributed by atoms with Crippen molar-refractivity contribution in [2.45, 2.75) is 65.2 Å². The van der Waals surface area contributed by atoms with Gasteiger partial charge in [0.15, 0.2) is 0 Å². The summed E-state index contributed by atoms with van der Waals surface area (Å²) in [5.41, 5.74) is -1.45. The molecule has 21 heavy (non-hydrogen) atoms. The molecule has 6 heteroatoms. The maximum Gasteiger partial charge on any atom is 0.418 e. The van der Waals surface area contributed by atoms with E-state index in [0.717, 1.165) is 4.90 Å². The maximum absolute atomic E-state index is 12.2. The number of carbonyl (C=O) groups is 3. The first-order valence-electron chi connectivity index (χ1n) is 6.86. The van der Waals surface area contributed by atoms with Gasteiger partial charge in [0.2, 0.25) is 0 Å². The lowest BCUT2D eigenvalue weighted by atomic mass is 10.1. The van der Waals surface area contributed by atoms with Crippen LogP contribution >= 0.6 is 0 Å². The predicted molar refractivity (Wildman–Crippen MR) is 76.5 cm³/mol. The normalized spacial score (nSPS) is 19.4. The summed E-state index contributed by atoms with van der Waals surface area (Å²) in [5.74, 6) is -1.20. The monoisotopic (exact) mass is 297 g/mol. The Hall–Kier alpha value is -1.85. The number of carbonyl (C=O) groups excluding carboxylic acids is 3. The molecule has 0 bridgehead atoms. The van der Waals surface area contributed by atoms with Crippen LogP contribution in [-0.4, -0.2) is 40.1 Å². The quantitative estimate of drug-likeness (QED) is 0.695. The average molecular weight is 297 g/mol. The number of hydrogen-bond donors (Lipinski definition) is 0. The SMILES string of the molecule is CC(C)(C)OC(=O)[C@@H]1CC=CC(=O)N1C(=O)OC(C)(C)C. The maximum atomic E-state index is 12.2. The second-order valence-corrected chi connectivity index (χ2v) is 6.88. The molecule has 0 radical (unpaired) electrons. The molecule has 6 nitrogen and oxygen atoms in total. The predicted octanol–water partition coefficient (Wildman–Crippen LogP) is 2.42. The van der Waals surface area contributed by atoms with Gasteiger partial charge in [0, 0.05) is 0 Å². The lowest BCUT2D eigenvalue weighted by Gasteiger charge is -2.33. The molecular formula is C15H23NO5. The summed E-state index contributed by atoms with van der Waals surface area (Å²) in [4.78, 5) is 37.1. The minimum Gasteiger partial charge on any atom is -0.458 e. The molecule has 0 spiro atoms. The highest BCUT2D eigenvalue weighted by molar-refractivity contribution is 6.03. The van der Waals surface area contributed by atoms with Crippen molar-refractivity contribution in [1.82, 2.24) is 4.90 Å². The van der Waals surface area contributed by atoms with Gasteiger partial charge in [0.05, 0.1) is 0 Å². The molecule has 0 fully saturated rings. The van der Waals surface area contributed by atoms with Gasteiger partial charge < -0.3 is 9.47 Å². The van der Waals surface area contributed by atoms with E-state index in [9.17, 15) is 14.4 Å².